The molecule has 114 valence electrons. The average molecular weight is 311 g/mol. The predicted octanol–water partition coefficient (Wildman–Crippen LogP) is 1.91. The van der Waals surface area contributed by atoms with Crippen LogP contribution in [0.4, 0.5) is 0 Å². The van der Waals surface area contributed by atoms with Gasteiger partial charge < -0.3 is 15.4 Å². The number of nitrogens with two attached hydrogens (primary N) is 1. The van der Waals surface area contributed by atoms with Gasteiger partial charge in [0.05, 0.1) is 6.10 Å². The second-order valence-electron chi connectivity index (χ2n) is 4.69. The number of hydrogen-bond donors (Lipinski definition) is 1. The zero-order valence-electron chi connectivity index (χ0n) is 11.8. The summed E-state index contributed by atoms with van der Waals surface area (Å²) in [5.41, 5.74) is 5.43. The van der Waals surface area contributed by atoms with Gasteiger partial charge in [-0.25, -0.2) is 0 Å². The number of carbonyl (C=O) groups is 1. The molecule has 1 fully saturated rings. The number of nitrogens with zero attached hydrogens (tertiary/aromatic N) is 1. The third-order valence-corrected chi connectivity index (χ3v) is 3.93. The van der Waals surface area contributed by atoms with Crippen LogP contribution in [0.15, 0.2) is 0 Å². The van der Waals surface area contributed by atoms with Crippen molar-refractivity contribution in [3.63, 3.8) is 0 Å². The third kappa shape index (κ3) is 8.02. The number of rotatable bonds is 8. The Morgan fingerprint density at radius 2 is 2.05 bits per heavy atom. The Labute approximate surface area is 127 Å². The number of thioether (sulfide) groups is 1. The zero-order valence-corrected chi connectivity index (χ0v) is 13.4. The van der Waals surface area contributed by atoms with Crippen molar-refractivity contribution in [3.8, 4) is 0 Å². The van der Waals surface area contributed by atoms with Crippen molar-refractivity contribution < 1.29 is 9.53 Å². The van der Waals surface area contributed by atoms with Crippen molar-refractivity contribution in [2.45, 2.75) is 38.2 Å². The molecule has 19 heavy (non-hydrogen) atoms. The molecule has 0 aliphatic carbocycles. The standard InChI is InChI=1S/C13H26N2O2S.ClH/c1-18-11-2-4-13(16)15-8-5-12(6-9-15)17-10-3-7-14;/h12H,2-11,14H2,1H3;1H. The van der Waals surface area contributed by atoms with Crippen molar-refractivity contribution in [2.24, 2.45) is 5.73 Å². The van der Waals surface area contributed by atoms with E-state index in [1.807, 2.05) is 4.90 Å². The minimum Gasteiger partial charge on any atom is -0.378 e. The van der Waals surface area contributed by atoms with Gasteiger partial charge >= 0.3 is 0 Å². The molecule has 4 nitrogen and oxygen atoms in total. The van der Waals surface area contributed by atoms with Crippen LogP contribution in [0, 0.1) is 0 Å². The minimum absolute atomic E-state index is 0. The number of piperidine rings is 1. The van der Waals surface area contributed by atoms with Crippen LogP contribution in [0.25, 0.3) is 0 Å². The van der Waals surface area contributed by atoms with Crippen LogP contribution in [0.3, 0.4) is 0 Å². The fraction of sp³-hybridized carbons (Fsp3) is 0.923. The zero-order chi connectivity index (χ0) is 13.2. The Hall–Kier alpha value is 0.0300. The highest BCUT2D eigenvalue weighted by Crippen LogP contribution is 2.15. The van der Waals surface area contributed by atoms with E-state index in [9.17, 15) is 4.79 Å². The Bertz CT molecular complexity index is 237. The lowest BCUT2D eigenvalue weighted by Gasteiger charge is -2.32. The van der Waals surface area contributed by atoms with Gasteiger partial charge in [-0.1, -0.05) is 0 Å². The van der Waals surface area contributed by atoms with E-state index < -0.39 is 0 Å². The molecule has 1 aliphatic heterocycles. The van der Waals surface area contributed by atoms with Crippen LogP contribution in [0.1, 0.15) is 32.1 Å². The van der Waals surface area contributed by atoms with E-state index in [0.29, 0.717) is 25.0 Å². The van der Waals surface area contributed by atoms with Crippen molar-refractivity contribution >= 4 is 30.1 Å². The number of amides is 1. The van der Waals surface area contributed by atoms with Gasteiger partial charge in [0.25, 0.3) is 0 Å². The first-order chi connectivity index (χ1) is 8.77. The number of halogens is 1. The molecule has 2 N–H and O–H groups in total. The van der Waals surface area contributed by atoms with Crippen molar-refractivity contribution in [3.05, 3.63) is 0 Å². The fourth-order valence-corrected chi connectivity index (χ4v) is 2.56. The second-order valence-corrected chi connectivity index (χ2v) is 5.68. The highest BCUT2D eigenvalue weighted by atomic mass is 35.5. The highest BCUT2D eigenvalue weighted by Gasteiger charge is 2.22. The normalized spacial score (nSPS) is 16.2. The highest BCUT2D eigenvalue weighted by molar-refractivity contribution is 7.98. The quantitative estimate of drug-likeness (QED) is 0.696. The predicted molar refractivity (Wildman–Crippen MR) is 84.1 cm³/mol. The molecule has 6 heteroatoms. The molecule has 0 aromatic rings. The molecule has 0 atom stereocenters. The molecule has 0 radical (unpaired) electrons. The summed E-state index contributed by atoms with van der Waals surface area (Å²) in [6.07, 6.45) is 6.96. The maximum absolute atomic E-state index is 11.9. The molecule has 1 saturated heterocycles. The summed E-state index contributed by atoms with van der Waals surface area (Å²) >= 11 is 1.80. The van der Waals surface area contributed by atoms with Crippen LogP contribution in [0.5, 0.6) is 0 Å². The first kappa shape index (κ1) is 19.0. The molecule has 1 aliphatic rings. The van der Waals surface area contributed by atoms with E-state index in [2.05, 4.69) is 6.26 Å². The smallest absolute Gasteiger partial charge is 0.222 e. The van der Waals surface area contributed by atoms with E-state index in [0.717, 1.165) is 51.1 Å². The lowest BCUT2D eigenvalue weighted by molar-refractivity contribution is -0.133. The number of likely N-dealkylation sites (tertiary alicyclic amines) is 1. The molecule has 1 heterocycles. The Kier molecular flexibility index (Phi) is 11.8. The lowest BCUT2D eigenvalue weighted by Crippen LogP contribution is -2.41. The molecule has 0 unspecified atom stereocenters. The summed E-state index contributed by atoms with van der Waals surface area (Å²) in [6.45, 7) is 3.15. The van der Waals surface area contributed by atoms with Crippen LogP contribution < -0.4 is 5.73 Å². The van der Waals surface area contributed by atoms with E-state index in [-0.39, 0.29) is 12.4 Å². The van der Waals surface area contributed by atoms with E-state index in [1.165, 1.54) is 0 Å². The van der Waals surface area contributed by atoms with Crippen LogP contribution in [-0.2, 0) is 9.53 Å². The molecule has 1 amide bonds. The van der Waals surface area contributed by atoms with Gasteiger partial charge in [-0.15, -0.1) is 12.4 Å². The number of ether oxygens (including phenoxy) is 1. The fourth-order valence-electron chi connectivity index (χ4n) is 2.13. The maximum atomic E-state index is 11.9. The average Bonchev–Trinajstić information content (AvgIpc) is 2.40. The van der Waals surface area contributed by atoms with Gasteiger partial charge in [0.15, 0.2) is 0 Å². The van der Waals surface area contributed by atoms with Gasteiger partial charge in [0, 0.05) is 26.1 Å². The molecular formula is C13H27ClN2O2S. The molecule has 0 bridgehead atoms. The Morgan fingerprint density at radius 1 is 1.37 bits per heavy atom. The lowest BCUT2D eigenvalue weighted by atomic mass is 10.1. The van der Waals surface area contributed by atoms with Crippen LogP contribution in [0.2, 0.25) is 0 Å². The Morgan fingerprint density at radius 3 is 2.63 bits per heavy atom. The van der Waals surface area contributed by atoms with E-state index >= 15 is 0 Å². The molecule has 0 spiro atoms. The summed E-state index contributed by atoms with van der Waals surface area (Å²) in [5.74, 6) is 1.38. The molecule has 0 saturated carbocycles. The van der Waals surface area contributed by atoms with Gasteiger partial charge in [0.1, 0.15) is 0 Å². The SMILES string of the molecule is CSCCCC(=O)N1CCC(OCCCN)CC1.Cl. The minimum atomic E-state index is 0. The van der Waals surface area contributed by atoms with Crippen LogP contribution in [-0.4, -0.2) is 55.2 Å². The van der Waals surface area contributed by atoms with Gasteiger partial charge in [0.2, 0.25) is 5.91 Å². The van der Waals surface area contributed by atoms with E-state index in [4.69, 9.17) is 10.5 Å². The molecule has 0 aromatic heterocycles. The van der Waals surface area contributed by atoms with Crippen molar-refractivity contribution in [1.82, 2.24) is 4.90 Å². The maximum Gasteiger partial charge on any atom is 0.222 e. The van der Waals surface area contributed by atoms with Crippen molar-refractivity contribution in [2.75, 3.05) is 38.2 Å². The van der Waals surface area contributed by atoms with E-state index in [1.54, 1.807) is 11.8 Å². The van der Waals surface area contributed by atoms with Gasteiger partial charge in [-0.05, 0) is 44.2 Å². The second kappa shape index (κ2) is 11.8. The summed E-state index contributed by atoms with van der Waals surface area (Å²) in [5, 5.41) is 0. The summed E-state index contributed by atoms with van der Waals surface area (Å²) < 4.78 is 5.73. The summed E-state index contributed by atoms with van der Waals surface area (Å²) in [7, 11) is 0. The first-order valence-electron chi connectivity index (χ1n) is 6.86. The number of hydrogen-bond acceptors (Lipinski definition) is 4. The van der Waals surface area contributed by atoms with Gasteiger partial charge in [-0.3, -0.25) is 4.79 Å². The summed E-state index contributed by atoms with van der Waals surface area (Å²) in [4.78, 5) is 13.9. The molecule has 0 aromatic carbocycles. The Balaban J connectivity index is 0.00000324. The molecular weight excluding hydrogens is 284 g/mol. The third-order valence-electron chi connectivity index (χ3n) is 3.24. The largest absolute Gasteiger partial charge is 0.378 e. The van der Waals surface area contributed by atoms with Crippen LogP contribution >= 0.6 is 24.2 Å². The number of carbonyl (C=O) groups excluding carboxylic acids is 1. The topological polar surface area (TPSA) is 55.6 Å². The summed E-state index contributed by atoms with van der Waals surface area (Å²) in [6, 6.07) is 0. The first-order valence-corrected chi connectivity index (χ1v) is 8.25. The van der Waals surface area contributed by atoms with Crippen molar-refractivity contribution in [1.29, 1.82) is 0 Å². The molecule has 1 rings (SSSR count). The van der Waals surface area contributed by atoms with Gasteiger partial charge in [-0.2, -0.15) is 11.8 Å². The monoisotopic (exact) mass is 310 g/mol.